The lowest BCUT2D eigenvalue weighted by Gasteiger charge is -2.33. The van der Waals surface area contributed by atoms with Gasteiger partial charge < -0.3 is 14.2 Å². The Bertz CT molecular complexity index is 2890. The first-order valence-electron chi connectivity index (χ1n) is 18.7. The summed E-state index contributed by atoms with van der Waals surface area (Å²) in [6.45, 7) is 0. The second-order valence-corrected chi connectivity index (χ2v) is 13.7. The average Bonchev–Trinajstić information content (AvgIpc) is 3.66. The van der Waals surface area contributed by atoms with Crippen LogP contribution in [-0.2, 0) is 0 Å². The molecule has 0 aliphatic rings. The molecule has 0 fully saturated rings. The zero-order chi connectivity index (χ0) is 36.6. The third-order valence-electron chi connectivity index (χ3n) is 10.4. The number of para-hydroxylation sites is 2. The molecule has 0 aliphatic heterocycles. The van der Waals surface area contributed by atoms with Crippen LogP contribution in [0.4, 0.5) is 34.1 Å². The van der Waals surface area contributed by atoms with Gasteiger partial charge in [-0.15, -0.1) is 0 Å². The summed E-state index contributed by atoms with van der Waals surface area (Å²) in [5.74, 6) is 0. The van der Waals surface area contributed by atoms with Crippen molar-refractivity contribution in [2.24, 2.45) is 0 Å². The van der Waals surface area contributed by atoms with E-state index in [0.29, 0.717) is 0 Å². The summed E-state index contributed by atoms with van der Waals surface area (Å²) in [6.07, 6.45) is 0. The minimum Gasteiger partial charge on any atom is -0.454 e. The highest BCUT2D eigenvalue weighted by Crippen LogP contribution is 2.51. The Morgan fingerprint density at radius 3 is 1.35 bits per heavy atom. The van der Waals surface area contributed by atoms with E-state index in [0.717, 1.165) is 61.6 Å². The van der Waals surface area contributed by atoms with Gasteiger partial charge >= 0.3 is 0 Å². The number of nitrogens with zero attached hydrogens (tertiary/aromatic N) is 2. The molecule has 10 aromatic rings. The van der Waals surface area contributed by atoms with E-state index >= 15 is 0 Å². The van der Waals surface area contributed by atoms with Gasteiger partial charge in [0.05, 0.1) is 5.69 Å². The van der Waals surface area contributed by atoms with E-state index in [1.807, 2.05) is 0 Å². The van der Waals surface area contributed by atoms with Crippen LogP contribution in [-0.4, -0.2) is 0 Å². The number of hydrogen-bond acceptors (Lipinski definition) is 3. The third kappa shape index (κ3) is 5.89. The molecule has 0 atom stereocenters. The van der Waals surface area contributed by atoms with Gasteiger partial charge in [0.15, 0.2) is 5.58 Å². The van der Waals surface area contributed by atoms with Crippen LogP contribution in [0.5, 0.6) is 0 Å². The number of benzene rings is 9. The zero-order valence-electron chi connectivity index (χ0n) is 30.1. The third-order valence-corrected chi connectivity index (χ3v) is 10.4. The van der Waals surface area contributed by atoms with Gasteiger partial charge in [-0.1, -0.05) is 152 Å². The highest BCUT2D eigenvalue weighted by molar-refractivity contribution is 6.22. The summed E-state index contributed by atoms with van der Waals surface area (Å²) in [5, 5.41) is 4.54. The van der Waals surface area contributed by atoms with Crippen molar-refractivity contribution in [3.63, 3.8) is 0 Å². The van der Waals surface area contributed by atoms with Crippen LogP contribution in [0.1, 0.15) is 0 Å². The average molecular weight is 705 g/mol. The minimum atomic E-state index is 0.821. The van der Waals surface area contributed by atoms with E-state index in [-0.39, 0.29) is 0 Å². The Morgan fingerprint density at radius 1 is 0.309 bits per heavy atom. The highest BCUT2D eigenvalue weighted by atomic mass is 16.3. The largest absolute Gasteiger partial charge is 0.454 e. The summed E-state index contributed by atoms with van der Waals surface area (Å²) in [6, 6.07) is 77.4. The van der Waals surface area contributed by atoms with Gasteiger partial charge in [-0.25, -0.2) is 0 Å². The maximum absolute atomic E-state index is 7.08. The van der Waals surface area contributed by atoms with Gasteiger partial charge in [-0.2, -0.15) is 0 Å². The van der Waals surface area contributed by atoms with Crippen LogP contribution < -0.4 is 9.80 Å². The van der Waals surface area contributed by atoms with E-state index in [1.165, 1.54) is 27.5 Å². The predicted octanol–water partition coefficient (Wildman–Crippen LogP) is 15.0. The lowest BCUT2D eigenvalue weighted by Crippen LogP contribution is -2.17. The molecule has 0 unspecified atom stereocenters. The maximum Gasteiger partial charge on any atom is 0.161 e. The molecule has 0 saturated carbocycles. The molecule has 0 saturated heterocycles. The molecule has 55 heavy (non-hydrogen) atoms. The first-order valence-corrected chi connectivity index (χ1v) is 18.7. The van der Waals surface area contributed by atoms with Gasteiger partial charge in [0.1, 0.15) is 11.3 Å². The quantitative estimate of drug-likeness (QED) is 0.157. The standard InChI is InChI=1S/C52H36N2O/c1-5-15-37(16-6-1)39-25-30-44(31-26-39)53(42-20-9-3-10-21-42)48-35-34-47-50-46-24-14-13-19-41(46)29-36-49(50)55-52(47)51(48)54(43-22-11-4-12-23-43)45-32-27-40(28-33-45)38-17-7-2-8-18-38/h1-36H. The summed E-state index contributed by atoms with van der Waals surface area (Å²) >= 11 is 0. The maximum atomic E-state index is 7.08. The molecule has 3 heteroatoms. The van der Waals surface area contributed by atoms with Crippen molar-refractivity contribution in [3.8, 4) is 22.3 Å². The van der Waals surface area contributed by atoms with Gasteiger partial charge in [0, 0.05) is 33.5 Å². The fourth-order valence-electron chi connectivity index (χ4n) is 7.84. The van der Waals surface area contributed by atoms with Crippen LogP contribution in [0.25, 0.3) is 55.0 Å². The van der Waals surface area contributed by atoms with Crippen LogP contribution in [0.2, 0.25) is 0 Å². The zero-order valence-corrected chi connectivity index (χ0v) is 30.1. The lowest BCUT2D eigenvalue weighted by atomic mass is 10.0. The van der Waals surface area contributed by atoms with Crippen LogP contribution in [0.3, 0.4) is 0 Å². The van der Waals surface area contributed by atoms with Gasteiger partial charge in [-0.3, -0.25) is 0 Å². The summed E-state index contributed by atoms with van der Waals surface area (Å²) in [5.41, 5.74) is 12.5. The first-order chi connectivity index (χ1) is 27.3. The van der Waals surface area contributed by atoms with Crippen molar-refractivity contribution in [2.45, 2.75) is 0 Å². The van der Waals surface area contributed by atoms with E-state index in [4.69, 9.17) is 4.42 Å². The molecular weight excluding hydrogens is 669 g/mol. The SMILES string of the molecule is c1ccc(-c2ccc(N(c3ccccc3)c3ccc4c(oc5ccc6ccccc6c54)c3N(c3ccccc3)c3ccc(-c4ccccc4)cc3)cc2)cc1. The monoisotopic (exact) mass is 704 g/mol. The van der Waals surface area contributed by atoms with E-state index in [1.54, 1.807) is 0 Å². The topological polar surface area (TPSA) is 19.6 Å². The van der Waals surface area contributed by atoms with E-state index in [9.17, 15) is 0 Å². The fraction of sp³-hybridized carbons (Fsp3) is 0. The molecule has 9 aromatic carbocycles. The van der Waals surface area contributed by atoms with Gasteiger partial charge in [0.2, 0.25) is 0 Å². The minimum absolute atomic E-state index is 0.821. The number of hydrogen-bond donors (Lipinski definition) is 0. The molecule has 0 bridgehead atoms. The molecule has 3 nitrogen and oxygen atoms in total. The molecule has 10 rings (SSSR count). The Hall–Kier alpha value is -7.36. The van der Waals surface area contributed by atoms with Crippen LogP contribution in [0.15, 0.2) is 223 Å². The predicted molar refractivity (Wildman–Crippen MR) is 231 cm³/mol. The van der Waals surface area contributed by atoms with E-state index < -0.39 is 0 Å². The smallest absolute Gasteiger partial charge is 0.161 e. The second kappa shape index (κ2) is 13.9. The van der Waals surface area contributed by atoms with Crippen molar-refractivity contribution < 1.29 is 4.42 Å². The van der Waals surface area contributed by atoms with Crippen LogP contribution >= 0.6 is 0 Å². The Morgan fingerprint density at radius 2 is 0.764 bits per heavy atom. The van der Waals surface area contributed by atoms with Crippen molar-refractivity contribution in [1.29, 1.82) is 0 Å². The lowest BCUT2D eigenvalue weighted by molar-refractivity contribution is 0.669. The van der Waals surface area contributed by atoms with Gasteiger partial charge in [-0.05, 0) is 99.8 Å². The molecule has 0 spiro atoms. The first kappa shape index (κ1) is 32.3. The molecule has 0 N–H and O–H groups in total. The molecule has 0 aliphatic carbocycles. The number of anilines is 6. The normalized spacial score (nSPS) is 11.3. The number of fused-ring (bicyclic) bond motifs is 5. The van der Waals surface area contributed by atoms with E-state index in [2.05, 4.69) is 228 Å². The molecule has 260 valence electrons. The molecule has 0 amide bonds. The Labute approximate surface area is 320 Å². The van der Waals surface area contributed by atoms with Crippen LogP contribution in [0, 0.1) is 0 Å². The van der Waals surface area contributed by atoms with Crippen molar-refractivity contribution in [3.05, 3.63) is 218 Å². The Balaban J connectivity index is 1.27. The van der Waals surface area contributed by atoms with Crippen molar-refractivity contribution in [2.75, 3.05) is 9.80 Å². The summed E-state index contributed by atoms with van der Waals surface area (Å²) in [4.78, 5) is 4.70. The van der Waals surface area contributed by atoms with Gasteiger partial charge in [0.25, 0.3) is 0 Å². The fourth-order valence-corrected chi connectivity index (χ4v) is 7.84. The molecule has 0 radical (unpaired) electrons. The van der Waals surface area contributed by atoms with Crippen molar-refractivity contribution >= 4 is 66.8 Å². The molecular formula is C52H36N2O. The summed E-state index contributed by atoms with van der Waals surface area (Å²) in [7, 11) is 0. The second-order valence-electron chi connectivity index (χ2n) is 13.7. The van der Waals surface area contributed by atoms with Crippen molar-refractivity contribution in [1.82, 2.24) is 0 Å². The Kier molecular flexibility index (Phi) is 8.16. The molecule has 1 aromatic heterocycles. The number of furan rings is 1. The highest BCUT2D eigenvalue weighted by Gasteiger charge is 2.28. The molecule has 1 heterocycles. The summed E-state index contributed by atoms with van der Waals surface area (Å²) < 4.78 is 7.08. The number of rotatable bonds is 8.